The van der Waals surface area contributed by atoms with Gasteiger partial charge in [-0.2, -0.15) is 13.4 Å². The number of anilines is 2. The van der Waals surface area contributed by atoms with E-state index in [9.17, 15) is 13.0 Å². The first-order valence-electron chi connectivity index (χ1n) is 6.13. The maximum absolute atomic E-state index is 11.6. The first-order valence-corrected chi connectivity index (χ1v) is 8.18. The molecule has 0 unspecified atom stereocenters. The van der Waals surface area contributed by atoms with Crippen molar-refractivity contribution in [1.82, 2.24) is 15.0 Å². The zero-order valence-electron chi connectivity index (χ0n) is 12.2. The van der Waals surface area contributed by atoms with Gasteiger partial charge in [0.15, 0.2) is 0 Å². The van der Waals surface area contributed by atoms with Crippen LogP contribution in [-0.2, 0) is 19.5 Å². The van der Waals surface area contributed by atoms with E-state index in [-0.39, 0.29) is 21.8 Å². The van der Waals surface area contributed by atoms with Gasteiger partial charge in [-0.05, 0) is 36.2 Å². The number of halogens is 1. The van der Waals surface area contributed by atoms with Crippen molar-refractivity contribution in [2.75, 3.05) is 5.32 Å². The van der Waals surface area contributed by atoms with Crippen LogP contribution >= 0.6 is 23.6 Å². The summed E-state index contributed by atoms with van der Waals surface area (Å²) in [7, 11) is -4.62. The monoisotopic (exact) mass is 382 g/mol. The van der Waals surface area contributed by atoms with E-state index in [1.807, 2.05) is 0 Å². The average Bonchev–Trinajstić information content (AvgIpc) is 2.44. The number of hydrogen-bond acceptors (Lipinski definition) is 10. The molecule has 0 aliphatic carbocycles. The summed E-state index contributed by atoms with van der Waals surface area (Å²) in [5, 5.41) is 13.9. The Hall–Kier alpha value is -1.54. The first-order chi connectivity index (χ1) is 11.2. The molecule has 0 aliphatic rings. The molecule has 2 rings (SSSR count). The lowest BCUT2D eigenvalue weighted by atomic mass is 10.2. The van der Waals surface area contributed by atoms with Gasteiger partial charge in [-0.3, -0.25) is 4.55 Å². The van der Waals surface area contributed by atoms with Crippen molar-refractivity contribution in [3.8, 4) is 0 Å². The van der Waals surface area contributed by atoms with E-state index in [2.05, 4.69) is 29.6 Å². The summed E-state index contributed by atoms with van der Waals surface area (Å²) in [6, 6.07) is 2.44. The third-order valence-electron chi connectivity index (χ3n) is 2.45. The Morgan fingerprint density at radius 3 is 2.78 bits per heavy atom. The van der Waals surface area contributed by atoms with Gasteiger partial charge in [-0.15, -0.1) is 4.33 Å². The molecule has 23 heavy (non-hydrogen) atoms. The largest absolute Gasteiger partial charge is 0.323 e. The zero-order chi connectivity index (χ0) is 17.9. The van der Waals surface area contributed by atoms with E-state index in [1.165, 1.54) is 6.07 Å². The molecule has 10 nitrogen and oxygen atoms in total. The predicted octanol–water partition coefficient (Wildman–Crippen LogP) is 2.25. The van der Waals surface area contributed by atoms with Crippen LogP contribution in [0, 0.1) is 6.92 Å². The maximum Gasteiger partial charge on any atom is 0.296 e. The van der Waals surface area contributed by atoms with Crippen LogP contribution in [0.25, 0.3) is 0 Å². The highest BCUT2D eigenvalue weighted by Gasteiger charge is 2.20. The van der Waals surface area contributed by atoms with Crippen LogP contribution in [0.4, 0.5) is 11.6 Å². The Kier molecular flexibility index (Phi) is 5.22. The number of aromatic nitrogens is 3. The highest BCUT2D eigenvalue weighted by molar-refractivity contribution is 7.94. The Balaban J connectivity index is 2.50. The Morgan fingerprint density at radius 1 is 1.43 bits per heavy atom. The van der Waals surface area contributed by atoms with Crippen molar-refractivity contribution in [3.05, 3.63) is 29.3 Å². The fourth-order valence-electron chi connectivity index (χ4n) is 1.55. The van der Waals surface area contributed by atoms with Gasteiger partial charge >= 0.3 is 0 Å². The molecule has 1 heterocycles. The SMILES string of the molecule is [3H]c1nc(Cl)nc(Nc2cc(C)c(SOOO)cc2S(=O)(=O)O)n1. The van der Waals surface area contributed by atoms with Crippen LogP contribution in [0.2, 0.25) is 5.28 Å². The van der Waals surface area contributed by atoms with Gasteiger partial charge < -0.3 is 5.32 Å². The second kappa shape index (κ2) is 7.35. The van der Waals surface area contributed by atoms with Crippen molar-refractivity contribution in [2.45, 2.75) is 16.7 Å². The van der Waals surface area contributed by atoms with Crippen LogP contribution < -0.4 is 5.32 Å². The highest BCUT2D eigenvalue weighted by atomic mass is 35.5. The van der Waals surface area contributed by atoms with E-state index >= 15 is 0 Å². The van der Waals surface area contributed by atoms with E-state index in [4.69, 9.17) is 18.2 Å². The van der Waals surface area contributed by atoms with E-state index in [0.717, 1.165) is 6.07 Å². The third-order valence-corrected chi connectivity index (χ3v) is 4.26. The lowest BCUT2D eigenvalue weighted by Gasteiger charge is -2.12. The Labute approximate surface area is 141 Å². The van der Waals surface area contributed by atoms with Gasteiger partial charge in [0.2, 0.25) is 11.2 Å². The summed E-state index contributed by atoms with van der Waals surface area (Å²) in [6.07, 6.45) is -0.428. The molecule has 1 aromatic heterocycles. The number of nitrogens with zero attached hydrogens (tertiary/aromatic N) is 3. The van der Waals surface area contributed by atoms with Crippen LogP contribution in [0.5, 0.6) is 0 Å². The first kappa shape index (κ1) is 16.3. The molecule has 13 heteroatoms. The number of hydrogen-bond donors (Lipinski definition) is 3. The second-order valence-corrected chi connectivity index (χ2v) is 6.44. The van der Waals surface area contributed by atoms with Crippen LogP contribution in [0.1, 0.15) is 6.93 Å². The van der Waals surface area contributed by atoms with Crippen molar-refractivity contribution in [3.63, 3.8) is 0 Å². The Morgan fingerprint density at radius 2 is 2.17 bits per heavy atom. The standard InChI is InChI=1S/C10H9ClN4O6S2/c1-5-2-6(14-10-13-4-12-9(11)15-10)8(23(17,18)19)3-7(5)22-21-20-16/h2-4,16H,1H3,(H,17,18,19)(H,12,13,14,15)/i4T. The number of nitrogens with one attached hydrogen (secondary N) is 1. The summed E-state index contributed by atoms with van der Waals surface area (Å²) < 4.78 is 44.2. The van der Waals surface area contributed by atoms with Crippen LogP contribution in [0.15, 0.2) is 28.2 Å². The minimum Gasteiger partial charge on any atom is -0.323 e. The lowest BCUT2D eigenvalue weighted by Crippen LogP contribution is -2.06. The molecule has 0 aliphatic heterocycles. The molecular weight excluding hydrogens is 372 g/mol. The summed E-state index contributed by atoms with van der Waals surface area (Å²) in [4.78, 5) is 10.5. The summed E-state index contributed by atoms with van der Waals surface area (Å²) >= 11 is 6.14. The van der Waals surface area contributed by atoms with Gasteiger partial charge in [-0.25, -0.2) is 15.2 Å². The molecule has 0 spiro atoms. The quantitative estimate of drug-likeness (QED) is 0.292. The highest BCUT2D eigenvalue weighted by Crippen LogP contribution is 2.32. The number of benzene rings is 1. The lowest BCUT2D eigenvalue weighted by molar-refractivity contribution is -0.432. The Bertz CT molecular complexity index is 848. The fourth-order valence-corrected chi connectivity index (χ4v) is 2.86. The van der Waals surface area contributed by atoms with Crippen LogP contribution in [-0.4, -0.2) is 33.2 Å². The van der Waals surface area contributed by atoms with Crippen LogP contribution in [0.3, 0.4) is 0 Å². The van der Waals surface area contributed by atoms with Gasteiger partial charge in [0.05, 0.1) is 17.7 Å². The molecule has 1 aromatic carbocycles. The topological polar surface area (TPSA) is 144 Å². The molecule has 3 N–H and O–H groups in total. The second-order valence-electron chi connectivity index (χ2n) is 3.97. The van der Waals surface area contributed by atoms with Crippen molar-refractivity contribution >= 4 is 45.4 Å². The number of rotatable bonds is 6. The van der Waals surface area contributed by atoms with Gasteiger partial charge in [0, 0.05) is 4.90 Å². The molecule has 0 amide bonds. The summed E-state index contributed by atoms with van der Waals surface area (Å²) in [5.41, 5.74) is 0.448. The van der Waals surface area contributed by atoms with E-state index < -0.39 is 21.3 Å². The maximum atomic E-state index is 11.6. The normalized spacial score (nSPS) is 12.1. The van der Waals surface area contributed by atoms with Crippen molar-refractivity contribution in [2.24, 2.45) is 0 Å². The molecule has 0 fully saturated rings. The van der Waals surface area contributed by atoms with Crippen molar-refractivity contribution < 1.29 is 29.0 Å². The molecular formula is C10H9ClN4O6S2. The summed E-state index contributed by atoms with van der Waals surface area (Å²) in [6.45, 7) is 1.61. The number of aryl methyl sites for hydroxylation is 1. The molecule has 124 valence electrons. The summed E-state index contributed by atoms with van der Waals surface area (Å²) in [5.74, 6) is -0.181. The molecule has 0 atom stereocenters. The smallest absolute Gasteiger partial charge is 0.296 e. The molecule has 0 bridgehead atoms. The zero-order valence-corrected chi connectivity index (χ0v) is 13.6. The third kappa shape index (κ3) is 4.71. The molecule has 0 radical (unpaired) electrons. The van der Waals surface area contributed by atoms with E-state index in [1.54, 1.807) is 6.92 Å². The molecule has 0 saturated carbocycles. The molecule has 2 aromatic rings. The van der Waals surface area contributed by atoms with Gasteiger partial charge in [0.1, 0.15) is 12.6 Å². The fraction of sp³-hybridized carbons (Fsp3) is 0.100. The van der Waals surface area contributed by atoms with Gasteiger partial charge in [-0.1, -0.05) is 5.04 Å². The molecule has 0 saturated heterocycles. The van der Waals surface area contributed by atoms with E-state index in [0.29, 0.717) is 17.6 Å². The average molecular weight is 383 g/mol. The predicted molar refractivity (Wildman–Crippen MR) is 79.8 cm³/mol. The minimum absolute atomic E-state index is 0.0640. The minimum atomic E-state index is -4.62. The van der Waals surface area contributed by atoms with Gasteiger partial charge in [0.25, 0.3) is 10.1 Å². The van der Waals surface area contributed by atoms with Crippen molar-refractivity contribution in [1.29, 1.82) is 0 Å².